The summed E-state index contributed by atoms with van der Waals surface area (Å²) in [5.74, 6) is 1.11. The molecule has 4 heterocycles. The number of nitrogens with zero attached hydrogens (tertiary/aromatic N) is 6. The number of hydrogen-bond acceptors (Lipinski definition) is 8. The van der Waals surface area contributed by atoms with Crippen molar-refractivity contribution in [1.29, 1.82) is 5.26 Å². The van der Waals surface area contributed by atoms with Crippen molar-refractivity contribution in [3.8, 4) is 22.9 Å². The SMILES string of the molecule is C=CC(C)C(=O)NCCNc1ccc(-c2cc(OCCN3CCN(C)CC3)cn3ncc(C#N)c23)cn1. The first-order valence-electron chi connectivity index (χ1n) is 12.5. The van der Waals surface area contributed by atoms with Gasteiger partial charge in [0, 0.05) is 63.1 Å². The summed E-state index contributed by atoms with van der Waals surface area (Å²) in [5, 5.41) is 20.1. The van der Waals surface area contributed by atoms with Gasteiger partial charge < -0.3 is 20.3 Å². The molecule has 0 spiro atoms. The smallest absolute Gasteiger partial charge is 0.226 e. The largest absolute Gasteiger partial charge is 0.491 e. The molecule has 37 heavy (non-hydrogen) atoms. The number of amides is 1. The molecule has 1 unspecified atom stereocenters. The van der Waals surface area contributed by atoms with E-state index in [1.54, 1.807) is 29.9 Å². The third-order valence-corrected chi connectivity index (χ3v) is 6.55. The molecule has 2 N–H and O–H groups in total. The summed E-state index contributed by atoms with van der Waals surface area (Å²) in [5.41, 5.74) is 2.89. The van der Waals surface area contributed by atoms with Crippen LogP contribution in [0.4, 0.5) is 5.82 Å². The van der Waals surface area contributed by atoms with E-state index in [1.807, 2.05) is 24.4 Å². The van der Waals surface area contributed by atoms with Gasteiger partial charge in [-0.25, -0.2) is 9.50 Å². The van der Waals surface area contributed by atoms with Crippen LogP contribution in [0.1, 0.15) is 12.5 Å². The van der Waals surface area contributed by atoms with Crippen molar-refractivity contribution >= 4 is 17.2 Å². The number of anilines is 1. The summed E-state index contributed by atoms with van der Waals surface area (Å²) in [4.78, 5) is 21.1. The van der Waals surface area contributed by atoms with Crippen molar-refractivity contribution in [3.63, 3.8) is 0 Å². The number of piperazine rings is 1. The number of pyridine rings is 2. The summed E-state index contributed by atoms with van der Waals surface area (Å²) in [6.45, 7) is 12.1. The number of carbonyl (C=O) groups is 1. The highest BCUT2D eigenvalue weighted by Crippen LogP contribution is 2.31. The zero-order valence-electron chi connectivity index (χ0n) is 21.5. The molecule has 1 saturated heterocycles. The molecule has 0 saturated carbocycles. The molecule has 1 atom stereocenters. The molecule has 0 aliphatic carbocycles. The summed E-state index contributed by atoms with van der Waals surface area (Å²) in [6.07, 6.45) is 6.76. The maximum absolute atomic E-state index is 11.8. The van der Waals surface area contributed by atoms with E-state index in [4.69, 9.17) is 4.74 Å². The quantitative estimate of drug-likeness (QED) is 0.303. The Labute approximate surface area is 217 Å². The van der Waals surface area contributed by atoms with Gasteiger partial charge in [-0.1, -0.05) is 13.0 Å². The van der Waals surface area contributed by atoms with E-state index in [-0.39, 0.29) is 11.8 Å². The van der Waals surface area contributed by atoms with Crippen molar-refractivity contribution in [2.45, 2.75) is 6.92 Å². The first-order chi connectivity index (χ1) is 18.0. The standard InChI is InChI=1S/C27H34N8O2/c1-4-20(2)27(36)30-8-7-29-25-6-5-21(17-31-25)24-15-23(19-35-26(24)22(16-28)18-32-35)37-14-13-34-11-9-33(3)10-12-34/h4-6,15,17-20H,1,7-14H2,2-3H3,(H,29,31)(H,30,36). The van der Waals surface area contributed by atoms with Gasteiger partial charge in [0.25, 0.3) is 0 Å². The molecule has 0 aromatic carbocycles. The lowest BCUT2D eigenvalue weighted by molar-refractivity contribution is -0.123. The predicted molar refractivity (Wildman–Crippen MR) is 143 cm³/mol. The Morgan fingerprint density at radius 1 is 1.27 bits per heavy atom. The van der Waals surface area contributed by atoms with E-state index in [9.17, 15) is 10.1 Å². The van der Waals surface area contributed by atoms with Crippen molar-refractivity contribution < 1.29 is 9.53 Å². The molecule has 1 amide bonds. The number of likely N-dealkylation sites (N-methyl/N-ethyl adjacent to an activating group) is 1. The van der Waals surface area contributed by atoms with E-state index in [0.717, 1.165) is 49.4 Å². The second kappa shape index (κ2) is 12.3. The van der Waals surface area contributed by atoms with Crippen molar-refractivity contribution in [2.75, 3.05) is 64.8 Å². The Morgan fingerprint density at radius 2 is 2.08 bits per heavy atom. The van der Waals surface area contributed by atoms with Gasteiger partial charge in [-0.2, -0.15) is 10.4 Å². The third kappa shape index (κ3) is 6.64. The average Bonchev–Trinajstić information content (AvgIpc) is 3.34. The number of hydrogen-bond donors (Lipinski definition) is 2. The second-order valence-corrected chi connectivity index (χ2v) is 9.22. The molecule has 194 valence electrons. The van der Waals surface area contributed by atoms with Crippen molar-refractivity contribution in [2.24, 2.45) is 5.92 Å². The van der Waals surface area contributed by atoms with Gasteiger partial charge in [0.15, 0.2) is 0 Å². The summed E-state index contributed by atoms with van der Waals surface area (Å²) >= 11 is 0. The minimum atomic E-state index is -0.220. The number of fused-ring (bicyclic) bond motifs is 1. The summed E-state index contributed by atoms with van der Waals surface area (Å²) in [7, 11) is 2.15. The molecular weight excluding hydrogens is 468 g/mol. The van der Waals surface area contributed by atoms with E-state index in [0.29, 0.717) is 36.8 Å². The first-order valence-corrected chi connectivity index (χ1v) is 12.5. The minimum absolute atomic E-state index is 0.0520. The van der Waals surface area contributed by atoms with Crippen LogP contribution in [0.2, 0.25) is 0 Å². The number of aromatic nitrogens is 3. The Balaban J connectivity index is 1.43. The molecule has 0 bridgehead atoms. The van der Waals surface area contributed by atoms with Crippen LogP contribution in [0.25, 0.3) is 16.6 Å². The first kappa shape index (κ1) is 26.1. The number of ether oxygens (including phenoxy) is 1. The highest BCUT2D eigenvalue weighted by Gasteiger charge is 2.16. The summed E-state index contributed by atoms with van der Waals surface area (Å²) < 4.78 is 7.80. The van der Waals surface area contributed by atoms with E-state index in [2.05, 4.69) is 50.2 Å². The molecule has 4 rings (SSSR count). The van der Waals surface area contributed by atoms with Crippen molar-refractivity contribution in [1.82, 2.24) is 29.7 Å². The normalized spacial score (nSPS) is 15.2. The fraction of sp³-hybridized carbons (Fsp3) is 0.407. The molecule has 3 aromatic rings. The van der Waals surface area contributed by atoms with E-state index < -0.39 is 0 Å². The Bertz CT molecular complexity index is 1260. The van der Waals surface area contributed by atoms with Gasteiger partial charge in [-0.3, -0.25) is 9.69 Å². The van der Waals surface area contributed by atoms with Gasteiger partial charge in [-0.15, -0.1) is 6.58 Å². The van der Waals surface area contributed by atoms with Crippen LogP contribution >= 0.6 is 0 Å². The summed E-state index contributed by atoms with van der Waals surface area (Å²) in [6, 6.07) is 8.00. The van der Waals surface area contributed by atoms with Crippen LogP contribution in [0.15, 0.2) is 49.4 Å². The molecule has 10 heteroatoms. The average molecular weight is 503 g/mol. The second-order valence-electron chi connectivity index (χ2n) is 9.22. The molecule has 1 fully saturated rings. The zero-order valence-corrected chi connectivity index (χ0v) is 21.5. The fourth-order valence-electron chi connectivity index (χ4n) is 4.14. The maximum Gasteiger partial charge on any atom is 0.226 e. The highest BCUT2D eigenvalue weighted by atomic mass is 16.5. The molecule has 1 aliphatic rings. The monoisotopic (exact) mass is 502 g/mol. The Kier molecular flexibility index (Phi) is 8.72. The van der Waals surface area contributed by atoms with Gasteiger partial charge in [0.1, 0.15) is 24.2 Å². The number of nitriles is 1. The Morgan fingerprint density at radius 3 is 2.78 bits per heavy atom. The lowest BCUT2D eigenvalue weighted by Crippen LogP contribution is -2.45. The molecule has 0 radical (unpaired) electrons. The van der Waals surface area contributed by atoms with Gasteiger partial charge >= 0.3 is 0 Å². The lowest BCUT2D eigenvalue weighted by Gasteiger charge is -2.32. The van der Waals surface area contributed by atoms with Crippen LogP contribution in [0, 0.1) is 17.2 Å². The van der Waals surface area contributed by atoms with E-state index >= 15 is 0 Å². The van der Waals surface area contributed by atoms with Gasteiger partial charge in [0.2, 0.25) is 5.91 Å². The minimum Gasteiger partial charge on any atom is -0.491 e. The van der Waals surface area contributed by atoms with Crippen LogP contribution < -0.4 is 15.4 Å². The van der Waals surface area contributed by atoms with Crippen LogP contribution in [-0.2, 0) is 4.79 Å². The number of nitrogens with one attached hydrogen (secondary N) is 2. The highest BCUT2D eigenvalue weighted by molar-refractivity contribution is 5.85. The molecular formula is C27H34N8O2. The maximum atomic E-state index is 11.8. The number of carbonyl (C=O) groups excluding carboxylic acids is 1. The van der Waals surface area contributed by atoms with Crippen LogP contribution in [0.3, 0.4) is 0 Å². The zero-order chi connectivity index (χ0) is 26.2. The van der Waals surface area contributed by atoms with E-state index in [1.165, 1.54) is 0 Å². The van der Waals surface area contributed by atoms with Crippen LogP contribution in [-0.4, -0.2) is 89.8 Å². The Hall–Kier alpha value is -3.94. The fourth-order valence-corrected chi connectivity index (χ4v) is 4.14. The molecule has 3 aromatic heterocycles. The molecule has 1 aliphatic heterocycles. The van der Waals surface area contributed by atoms with Gasteiger partial charge in [-0.05, 0) is 25.2 Å². The third-order valence-electron chi connectivity index (χ3n) is 6.55. The van der Waals surface area contributed by atoms with Crippen molar-refractivity contribution in [3.05, 3.63) is 55.0 Å². The molecule has 10 nitrogen and oxygen atoms in total. The van der Waals surface area contributed by atoms with Crippen LogP contribution in [0.5, 0.6) is 5.75 Å². The van der Waals surface area contributed by atoms with Gasteiger partial charge in [0.05, 0.1) is 29.4 Å². The predicted octanol–water partition coefficient (Wildman–Crippen LogP) is 2.24. The topological polar surface area (TPSA) is 111 Å². The number of rotatable bonds is 11. The lowest BCUT2D eigenvalue weighted by atomic mass is 10.1.